The molecule has 0 aliphatic heterocycles. The number of nitrogens with two attached hydrogens (primary N) is 1. The van der Waals surface area contributed by atoms with Gasteiger partial charge in [0.25, 0.3) is 0 Å². The number of carbonyl (C=O) groups is 2. The number of tetrazole rings is 1. The van der Waals surface area contributed by atoms with Gasteiger partial charge in [0.15, 0.2) is 5.78 Å². The highest BCUT2D eigenvalue weighted by molar-refractivity contribution is 5.93. The normalized spacial score (nSPS) is 31.2. The Balaban J connectivity index is 1.32. The summed E-state index contributed by atoms with van der Waals surface area (Å²) in [6, 6.07) is 6.75. The Morgan fingerprint density at radius 3 is 2.19 bits per heavy atom. The number of amides is 1. The van der Waals surface area contributed by atoms with Crippen molar-refractivity contribution in [3.63, 3.8) is 0 Å². The van der Waals surface area contributed by atoms with Gasteiger partial charge in [0, 0.05) is 16.5 Å². The molecular formula is C20H23N5O2. The van der Waals surface area contributed by atoms with Crippen molar-refractivity contribution in [2.45, 2.75) is 45.1 Å². The summed E-state index contributed by atoms with van der Waals surface area (Å²) in [6.45, 7) is 0.193. The summed E-state index contributed by atoms with van der Waals surface area (Å²) in [5.74, 6) is 2.47. The molecule has 4 bridgehead atoms. The summed E-state index contributed by atoms with van der Waals surface area (Å²) in [5.41, 5.74) is 6.29. The average Bonchev–Trinajstić information content (AvgIpc) is 3.09. The molecule has 4 aliphatic carbocycles. The van der Waals surface area contributed by atoms with E-state index in [0.717, 1.165) is 42.6 Å². The molecule has 7 nitrogen and oxygen atoms in total. The van der Waals surface area contributed by atoms with Crippen molar-refractivity contribution in [2.24, 2.45) is 28.9 Å². The third-order valence-electron chi connectivity index (χ3n) is 6.80. The molecule has 27 heavy (non-hydrogen) atoms. The second-order valence-corrected chi connectivity index (χ2v) is 8.71. The van der Waals surface area contributed by atoms with Crippen molar-refractivity contribution in [1.29, 1.82) is 0 Å². The summed E-state index contributed by atoms with van der Waals surface area (Å²) in [7, 11) is 0. The number of hydrogen-bond acceptors (Lipinski definition) is 5. The number of carbonyl (C=O) groups excluding carboxylic acids is 2. The largest absolute Gasteiger partial charge is 0.366 e. The van der Waals surface area contributed by atoms with Gasteiger partial charge in [-0.1, -0.05) is 12.1 Å². The molecule has 2 N–H and O–H groups in total. The van der Waals surface area contributed by atoms with Crippen LogP contribution in [0.3, 0.4) is 0 Å². The first-order valence-electron chi connectivity index (χ1n) is 9.72. The fraction of sp³-hybridized carbons (Fsp3) is 0.550. The fourth-order valence-electron chi connectivity index (χ4n) is 5.96. The summed E-state index contributed by atoms with van der Waals surface area (Å²) >= 11 is 0. The first-order valence-corrected chi connectivity index (χ1v) is 9.72. The van der Waals surface area contributed by atoms with Crippen LogP contribution < -0.4 is 5.73 Å². The van der Waals surface area contributed by atoms with Crippen molar-refractivity contribution >= 4 is 11.7 Å². The van der Waals surface area contributed by atoms with E-state index < -0.39 is 5.91 Å². The van der Waals surface area contributed by atoms with Gasteiger partial charge in [0.05, 0.1) is 0 Å². The van der Waals surface area contributed by atoms with Gasteiger partial charge in [-0.2, -0.15) is 4.80 Å². The molecule has 1 aromatic carbocycles. The molecule has 4 fully saturated rings. The SMILES string of the molecule is NC(=O)c1ccc(-c2nnn(CC(=O)C34CC5CC(CC(C5)C3)C4)n2)cc1. The fourth-order valence-corrected chi connectivity index (χ4v) is 5.96. The van der Waals surface area contributed by atoms with E-state index in [-0.39, 0.29) is 17.7 Å². The van der Waals surface area contributed by atoms with E-state index in [9.17, 15) is 9.59 Å². The van der Waals surface area contributed by atoms with E-state index >= 15 is 0 Å². The molecule has 0 saturated heterocycles. The van der Waals surface area contributed by atoms with Crippen LogP contribution in [-0.4, -0.2) is 31.9 Å². The second-order valence-electron chi connectivity index (χ2n) is 8.71. The lowest BCUT2D eigenvalue weighted by Gasteiger charge is -2.55. The standard InChI is InChI=1S/C20H23N5O2/c21-18(27)15-1-3-16(4-2-15)19-22-24-25(23-19)11-17(26)20-8-12-5-13(9-20)7-14(6-12)10-20/h1-4,12-14H,5-11H2,(H2,21,27). The van der Waals surface area contributed by atoms with Gasteiger partial charge >= 0.3 is 0 Å². The summed E-state index contributed by atoms with van der Waals surface area (Å²) in [6.07, 6.45) is 7.11. The minimum absolute atomic E-state index is 0.147. The number of aromatic nitrogens is 4. The van der Waals surface area contributed by atoms with Gasteiger partial charge in [0.2, 0.25) is 11.7 Å². The molecule has 0 atom stereocenters. The third-order valence-corrected chi connectivity index (χ3v) is 6.80. The molecule has 0 unspecified atom stereocenters. The van der Waals surface area contributed by atoms with Gasteiger partial charge in [-0.25, -0.2) is 0 Å². The van der Waals surface area contributed by atoms with Gasteiger partial charge < -0.3 is 5.73 Å². The van der Waals surface area contributed by atoms with E-state index in [1.807, 2.05) is 0 Å². The average molecular weight is 365 g/mol. The van der Waals surface area contributed by atoms with Crippen LogP contribution in [0.15, 0.2) is 24.3 Å². The van der Waals surface area contributed by atoms with E-state index in [0.29, 0.717) is 11.4 Å². The predicted molar refractivity (Wildman–Crippen MR) is 97.4 cm³/mol. The van der Waals surface area contributed by atoms with Crippen LogP contribution in [0.1, 0.15) is 48.9 Å². The number of benzene rings is 1. The minimum Gasteiger partial charge on any atom is -0.366 e. The Bertz CT molecular complexity index is 866. The zero-order valence-electron chi connectivity index (χ0n) is 15.2. The van der Waals surface area contributed by atoms with Gasteiger partial charge in [-0.05, 0) is 73.6 Å². The van der Waals surface area contributed by atoms with Crippen LogP contribution >= 0.6 is 0 Å². The minimum atomic E-state index is -0.473. The zero-order valence-corrected chi connectivity index (χ0v) is 15.2. The van der Waals surface area contributed by atoms with E-state index in [4.69, 9.17) is 5.73 Å². The maximum Gasteiger partial charge on any atom is 0.248 e. The van der Waals surface area contributed by atoms with Crippen molar-refractivity contribution in [2.75, 3.05) is 0 Å². The Morgan fingerprint density at radius 2 is 1.63 bits per heavy atom. The number of ketones is 1. The monoisotopic (exact) mass is 365 g/mol. The molecule has 7 heteroatoms. The number of rotatable bonds is 5. The van der Waals surface area contributed by atoms with Crippen LogP contribution in [0.25, 0.3) is 11.4 Å². The molecule has 0 spiro atoms. The highest BCUT2D eigenvalue weighted by Crippen LogP contribution is 2.60. The van der Waals surface area contributed by atoms with E-state index in [1.165, 1.54) is 24.1 Å². The molecule has 0 radical (unpaired) electrons. The number of nitrogens with zero attached hydrogens (tertiary/aromatic N) is 4. The highest BCUT2D eigenvalue weighted by Gasteiger charge is 2.54. The van der Waals surface area contributed by atoms with Crippen LogP contribution in [0, 0.1) is 23.2 Å². The lowest BCUT2D eigenvalue weighted by Crippen LogP contribution is -2.50. The summed E-state index contributed by atoms with van der Waals surface area (Å²) in [5, 5.41) is 12.5. The highest BCUT2D eigenvalue weighted by atomic mass is 16.1. The smallest absolute Gasteiger partial charge is 0.248 e. The van der Waals surface area contributed by atoms with Gasteiger partial charge in [-0.3, -0.25) is 9.59 Å². The number of Topliss-reactive ketones (excluding diaryl/α,β-unsaturated/α-hetero) is 1. The van der Waals surface area contributed by atoms with Crippen LogP contribution in [0.4, 0.5) is 0 Å². The lowest BCUT2D eigenvalue weighted by molar-refractivity contribution is -0.145. The van der Waals surface area contributed by atoms with Crippen molar-refractivity contribution in [3.8, 4) is 11.4 Å². The Morgan fingerprint density at radius 1 is 1.04 bits per heavy atom. The molecule has 140 valence electrons. The molecule has 6 rings (SSSR count). The first-order chi connectivity index (χ1) is 13.0. The molecule has 1 aromatic heterocycles. The first kappa shape index (κ1) is 16.6. The topological polar surface area (TPSA) is 104 Å². The van der Waals surface area contributed by atoms with Crippen molar-refractivity contribution in [3.05, 3.63) is 29.8 Å². The molecule has 2 aromatic rings. The zero-order chi connectivity index (χ0) is 18.6. The summed E-state index contributed by atoms with van der Waals surface area (Å²) < 4.78 is 0. The number of primary amides is 1. The van der Waals surface area contributed by atoms with E-state index in [1.54, 1.807) is 24.3 Å². The maximum atomic E-state index is 13.2. The molecule has 1 heterocycles. The van der Waals surface area contributed by atoms with Crippen LogP contribution in [-0.2, 0) is 11.3 Å². The van der Waals surface area contributed by atoms with Crippen LogP contribution in [0.5, 0.6) is 0 Å². The molecular weight excluding hydrogens is 342 g/mol. The van der Waals surface area contributed by atoms with Gasteiger partial charge in [-0.15, -0.1) is 10.2 Å². The van der Waals surface area contributed by atoms with Gasteiger partial charge in [0.1, 0.15) is 6.54 Å². The number of hydrogen-bond donors (Lipinski definition) is 1. The lowest BCUT2D eigenvalue weighted by atomic mass is 9.48. The Labute approximate surface area is 157 Å². The van der Waals surface area contributed by atoms with Crippen molar-refractivity contribution in [1.82, 2.24) is 20.2 Å². The maximum absolute atomic E-state index is 13.2. The van der Waals surface area contributed by atoms with Crippen LogP contribution in [0.2, 0.25) is 0 Å². The molecule has 1 amide bonds. The predicted octanol–water partition coefficient (Wildman–Crippen LogP) is 2.22. The Kier molecular flexibility index (Phi) is 3.67. The summed E-state index contributed by atoms with van der Waals surface area (Å²) in [4.78, 5) is 25.7. The second kappa shape index (κ2) is 5.97. The van der Waals surface area contributed by atoms with Crippen molar-refractivity contribution < 1.29 is 9.59 Å². The quantitative estimate of drug-likeness (QED) is 0.875. The third kappa shape index (κ3) is 2.85. The Hall–Kier alpha value is -2.57. The molecule has 4 aliphatic rings. The molecule has 4 saturated carbocycles. The van der Waals surface area contributed by atoms with E-state index in [2.05, 4.69) is 15.4 Å².